The molecule has 0 unspecified atom stereocenters. The van der Waals surface area contributed by atoms with Crippen molar-refractivity contribution in [1.82, 2.24) is 29.7 Å². The van der Waals surface area contributed by atoms with Crippen molar-refractivity contribution >= 4 is 34.5 Å². The van der Waals surface area contributed by atoms with E-state index in [0.717, 1.165) is 22.8 Å². The van der Waals surface area contributed by atoms with Gasteiger partial charge in [0.25, 0.3) is 11.8 Å². The second-order valence-corrected chi connectivity index (χ2v) is 9.75. The van der Waals surface area contributed by atoms with E-state index in [4.69, 9.17) is 0 Å². The number of anilines is 1. The molecule has 1 saturated heterocycles. The standard InChI is InChI=1S/C24H22F3N7O3S/c1-13-10-19-30-31-20(14(2)34(19)32-13)23(36)33-8-6-15(7-9-33)22-29-18(12-38-22)21(35)28-16-4-3-5-17(11-16)37-24(25,26)27/h3-5,10-12,15H,6-9H2,1-2H3,(H,28,35). The van der Waals surface area contributed by atoms with Crippen molar-refractivity contribution < 1.29 is 27.5 Å². The summed E-state index contributed by atoms with van der Waals surface area (Å²) in [5.74, 6) is -1.11. The van der Waals surface area contributed by atoms with Gasteiger partial charge in [-0.05, 0) is 38.8 Å². The number of aryl methyl sites for hydroxylation is 2. The Kier molecular flexibility index (Phi) is 6.73. The normalized spacial score (nSPS) is 14.6. The Balaban J connectivity index is 1.20. The van der Waals surface area contributed by atoms with Crippen LogP contribution < -0.4 is 10.1 Å². The smallest absolute Gasteiger partial charge is 0.406 e. The van der Waals surface area contributed by atoms with Gasteiger partial charge >= 0.3 is 6.36 Å². The number of amides is 2. The third-order valence-corrected chi connectivity index (χ3v) is 7.15. The minimum atomic E-state index is -4.83. The van der Waals surface area contributed by atoms with Gasteiger partial charge in [-0.15, -0.1) is 34.7 Å². The van der Waals surface area contributed by atoms with E-state index in [1.807, 2.05) is 6.92 Å². The molecule has 3 aromatic heterocycles. The molecule has 10 nitrogen and oxygen atoms in total. The quantitative estimate of drug-likeness (QED) is 0.396. The zero-order chi connectivity index (χ0) is 27.0. The number of thiazole rings is 1. The molecule has 0 saturated carbocycles. The number of aromatic nitrogens is 5. The molecule has 4 heterocycles. The van der Waals surface area contributed by atoms with Crippen LogP contribution in [-0.2, 0) is 0 Å². The number of nitrogens with zero attached hydrogens (tertiary/aromatic N) is 6. The molecule has 1 N–H and O–H groups in total. The minimum Gasteiger partial charge on any atom is -0.406 e. The van der Waals surface area contributed by atoms with Gasteiger partial charge in [0.2, 0.25) is 0 Å². The van der Waals surface area contributed by atoms with Crippen LogP contribution in [0, 0.1) is 13.8 Å². The van der Waals surface area contributed by atoms with Crippen molar-refractivity contribution in [3.8, 4) is 5.75 Å². The summed E-state index contributed by atoms with van der Waals surface area (Å²) in [7, 11) is 0. The van der Waals surface area contributed by atoms with Gasteiger partial charge in [-0.2, -0.15) is 5.10 Å². The van der Waals surface area contributed by atoms with Crippen LogP contribution in [0.25, 0.3) is 5.65 Å². The second-order valence-electron chi connectivity index (χ2n) is 8.86. The maximum atomic E-state index is 13.1. The molecule has 0 radical (unpaired) electrons. The summed E-state index contributed by atoms with van der Waals surface area (Å²) >= 11 is 1.34. The van der Waals surface area contributed by atoms with Crippen molar-refractivity contribution in [2.45, 2.75) is 39.0 Å². The topological polar surface area (TPSA) is 115 Å². The first kappa shape index (κ1) is 25.6. The molecule has 0 aliphatic carbocycles. The SMILES string of the molecule is Cc1cc2nnc(C(=O)N3CCC(c4nc(C(=O)Nc5cccc(OC(F)(F)F)c5)cs4)CC3)c(C)n2n1. The highest BCUT2D eigenvalue weighted by molar-refractivity contribution is 7.10. The van der Waals surface area contributed by atoms with Crippen molar-refractivity contribution in [1.29, 1.82) is 0 Å². The van der Waals surface area contributed by atoms with Gasteiger partial charge < -0.3 is 15.0 Å². The Labute approximate surface area is 218 Å². The third kappa shape index (κ3) is 5.44. The van der Waals surface area contributed by atoms with Gasteiger partial charge in [-0.1, -0.05) is 6.07 Å². The average Bonchev–Trinajstić information content (AvgIpc) is 3.50. The highest BCUT2D eigenvalue weighted by Crippen LogP contribution is 2.31. The number of carbonyl (C=O) groups excluding carboxylic acids is 2. The summed E-state index contributed by atoms with van der Waals surface area (Å²) in [5, 5.41) is 17.5. The van der Waals surface area contributed by atoms with E-state index < -0.39 is 18.0 Å². The lowest BCUT2D eigenvalue weighted by Gasteiger charge is -2.31. The van der Waals surface area contributed by atoms with Crippen LogP contribution in [0.4, 0.5) is 18.9 Å². The van der Waals surface area contributed by atoms with E-state index in [9.17, 15) is 22.8 Å². The van der Waals surface area contributed by atoms with Gasteiger partial charge in [0, 0.05) is 42.2 Å². The summed E-state index contributed by atoms with van der Waals surface area (Å²) in [6.07, 6.45) is -3.51. The molecule has 1 aliphatic heterocycles. The monoisotopic (exact) mass is 545 g/mol. The highest BCUT2D eigenvalue weighted by Gasteiger charge is 2.31. The lowest BCUT2D eigenvalue weighted by molar-refractivity contribution is -0.274. The number of ether oxygens (including phenoxy) is 1. The van der Waals surface area contributed by atoms with Gasteiger partial charge in [0.1, 0.15) is 11.4 Å². The van der Waals surface area contributed by atoms with Crippen LogP contribution in [0.5, 0.6) is 5.75 Å². The zero-order valence-corrected chi connectivity index (χ0v) is 21.1. The summed E-state index contributed by atoms with van der Waals surface area (Å²) in [6.45, 7) is 4.62. The Morgan fingerprint density at radius 2 is 1.89 bits per heavy atom. The van der Waals surface area contributed by atoms with Crippen molar-refractivity contribution in [2.24, 2.45) is 0 Å². The number of hydrogen-bond donors (Lipinski definition) is 1. The molecule has 0 bridgehead atoms. The molecule has 1 aromatic carbocycles. The number of likely N-dealkylation sites (tertiary alicyclic amines) is 1. The molecule has 1 fully saturated rings. The molecule has 2 amide bonds. The molecule has 198 valence electrons. The van der Waals surface area contributed by atoms with Crippen molar-refractivity contribution in [3.63, 3.8) is 0 Å². The van der Waals surface area contributed by atoms with Gasteiger partial charge in [0.05, 0.1) is 16.4 Å². The van der Waals surface area contributed by atoms with E-state index in [0.29, 0.717) is 37.3 Å². The molecular formula is C24H22F3N7O3S. The van der Waals surface area contributed by atoms with E-state index in [-0.39, 0.29) is 28.9 Å². The van der Waals surface area contributed by atoms with E-state index >= 15 is 0 Å². The van der Waals surface area contributed by atoms with E-state index in [1.54, 1.807) is 27.8 Å². The average molecular weight is 546 g/mol. The van der Waals surface area contributed by atoms with Crippen LogP contribution in [0.3, 0.4) is 0 Å². The van der Waals surface area contributed by atoms with Crippen LogP contribution in [0.2, 0.25) is 0 Å². The fourth-order valence-corrected chi connectivity index (χ4v) is 5.27. The summed E-state index contributed by atoms with van der Waals surface area (Å²) < 4.78 is 42.9. The molecule has 5 rings (SSSR count). The fourth-order valence-electron chi connectivity index (χ4n) is 4.30. The third-order valence-electron chi connectivity index (χ3n) is 6.14. The van der Waals surface area contributed by atoms with Crippen LogP contribution in [0.15, 0.2) is 35.7 Å². The van der Waals surface area contributed by atoms with E-state index in [2.05, 4.69) is 30.3 Å². The van der Waals surface area contributed by atoms with E-state index in [1.165, 1.54) is 23.5 Å². The highest BCUT2D eigenvalue weighted by atomic mass is 32.1. The Morgan fingerprint density at radius 3 is 2.63 bits per heavy atom. The number of benzene rings is 1. The Morgan fingerprint density at radius 1 is 1.13 bits per heavy atom. The number of halogens is 3. The molecule has 0 spiro atoms. The molecular weight excluding hydrogens is 523 g/mol. The maximum Gasteiger partial charge on any atom is 0.573 e. The van der Waals surface area contributed by atoms with Crippen LogP contribution in [-0.4, -0.2) is 61.0 Å². The number of hydrogen-bond acceptors (Lipinski definition) is 8. The number of fused-ring (bicyclic) bond motifs is 1. The van der Waals surface area contributed by atoms with Gasteiger partial charge in [-0.3, -0.25) is 9.59 Å². The number of nitrogens with one attached hydrogen (secondary N) is 1. The van der Waals surface area contributed by atoms with Crippen LogP contribution in [0.1, 0.15) is 56.1 Å². The first-order valence-electron chi connectivity index (χ1n) is 11.7. The number of alkyl halides is 3. The number of piperidine rings is 1. The molecule has 4 aromatic rings. The molecule has 0 atom stereocenters. The Hall–Kier alpha value is -4.07. The summed E-state index contributed by atoms with van der Waals surface area (Å²) in [4.78, 5) is 31.9. The fraction of sp³-hybridized carbons (Fsp3) is 0.333. The zero-order valence-electron chi connectivity index (χ0n) is 20.3. The first-order valence-corrected chi connectivity index (χ1v) is 12.6. The molecule has 38 heavy (non-hydrogen) atoms. The predicted molar refractivity (Wildman–Crippen MR) is 131 cm³/mol. The predicted octanol–water partition coefficient (Wildman–Crippen LogP) is 4.37. The van der Waals surface area contributed by atoms with Gasteiger partial charge in [0.15, 0.2) is 11.3 Å². The lowest BCUT2D eigenvalue weighted by Crippen LogP contribution is -2.39. The van der Waals surface area contributed by atoms with Crippen LogP contribution >= 0.6 is 11.3 Å². The lowest BCUT2D eigenvalue weighted by atomic mass is 9.97. The molecule has 1 aliphatic rings. The summed E-state index contributed by atoms with van der Waals surface area (Å²) in [6, 6.07) is 6.83. The minimum absolute atomic E-state index is 0.0672. The second kappa shape index (κ2) is 10.0. The largest absolute Gasteiger partial charge is 0.573 e. The number of carbonyl (C=O) groups is 2. The van der Waals surface area contributed by atoms with Gasteiger partial charge in [-0.25, -0.2) is 9.50 Å². The first-order chi connectivity index (χ1) is 18.1. The number of rotatable bonds is 5. The van der Waals surface area contributed by atoms with Crippen molar-refractivity contribution in [3.05, 3.63) is 63.5 Å². The van der Waals surface area contributed by atoms with Crippen molar-refractivity contribution in [2.75, 3.05) is 18.4 Å². The Bertz CT molecular complexity index is 1510. The summed E-state index contributed by atoms with van der Waals surface area (Å²) in [5.41, 5.74) is 2.58. The maximum absolute atomic E-state index is 13.1. The molecule has 14 heteroatoms.